The Morgan fingerprint density at radius 1 is 1.16 bits per heavy atom. The summed E-state index contributed by atoms with van der Waals surface area (Å²) in [5.41, 5.74) is 12.0. The molecule has 0 aliphatic heterocycles. The highest BCUT2D eigenvalue weighted by Crippen LogP contribution is 2.29. The number of nitrogens with zero attached hydrogens (tertiary/aromatic N) is 2. The zero-order chi connectivity index (χ0) is 14.0. The van der Waals surface area contributed by atoms with Gasteiger partial charge in [-0.3, -0.25) is 0 Å². The molecule has 1 heterocycles. The number of benzene rings is 1. The van der Waals surface area contributed by atoms with Crippen molar-refractivity contribution in [3.05, 3.63) is 47.2 Å². The standard InChI is InChI=1S/C12H13F3N4/c13-12(14,15)10-3-1-8(2-4-10)7-19-11(17)9(5-16)6-18-19/h1-4,6H,5,7,16-17H2. The van der Waals surface area contributed by atoms with Crippen molar-refractivity contribution in [2.45, 2.75) is 19.3 Å². The van der Waals surface area contributed by atoms with Crippen LogP contribution < -0.4 is 11.5 Å². The molecule has 0 bridgehead atoms. The summed E-state index contributed by atoms with van der Waals surface area (Å²) in [5.74, 6) is 0.433. The Balaban J connectivity index is 2.17. The quantitative estimate of drug-likeness (QED) is 0.896. The van der Waals surface area contributed by atoms with Crippen LogP contribution in [0, 0.1) is 0 Å². The van der Waals surface area contributed by atoms with E-state index in [0.29, 0.717) is 23.5 Å². The van der Waals surface area contributed by atoms with Gasteiger partial charge in [-0.2, -0.15) is 18.3 Å². The van der Waals surface area contributed by atoms with Gasteiger partial charge in [0.05, 0.1) is 18.3 Å². The van der Waals surface area contributed by atoms with Gasteiger partial charge in [-0.15, -0.1) is 0 Å². The number of rotatable bonds is 3. The fourth-order valence-corrected chi connectivity index (χ4v) is 1.69. The van der Waals surface area contributed by atoms with Gasteiger partial charge in [0.25, 0.3) is 0 Å². The number of alkyl halides is 3. The molecule has 0 saturated carbocycles. The predicted molar refractivity (Wildman–Crippen MR) is 65.1 cm³/mol. The van der Waals surface area contributed by atoms with E-state index < -0.39 is 11.7 Å². The zero-order valence-electron chi connectivity index (χ0n) is 9.98. The second-order valence-electron chi connectivity index (χ2n) is 4.11. The topological polar surface area (TPSA) is 69.9 Å². The van der Waals surface area contributed by atoms with Crippen LogP contribution >= 0.6 is 0 Å². The van der Waals surface area contributed by atoms with Crippen LogP contribution in [0.25, 0.3) is 0 Å². The molecule has 19 heavy (non-hydrogen) atoms. The summed E-state index contributed by atoms with van der Waals surface area (Å²) >= 11 is 0. The molecule has 0 unspecified atom stereocenters. The smallest absolute Gasteiger partial charge is 0.384 e. The summed E-state index contributed by atoms with van der Waals surface area (Å²) in [4.78, 5) is 0. The highest BCUT2D eigenvalue weighted by Gasteiger charge is 2.29. The van der Waals surface area contributed by atoms with Crippen LogP contribution in [-0.4, -0.2) is 9.78 Å². The first-order valence-corrected chi connectivity index (χ1v) is 5.58. The van der Waals surface area contributed by atoms with Gasteiger partial charge >= 0.3 is 6.18 Å². The third-order valence-corrected chi connectivity index (χ3v) is 2.79. The molecule has 1 aromatic heterocycles. The van der Waals surface area contributed by atoms with E-state index in [9.17, 15) is 13.2 Å². The lowest BCUT2D eigenvalue weighted by Crippen LogP contribution is -2.09. The number of nitrogens with two attached hydrogens (primary N) is 2. The minimum absolute atomic E-state index is 0.277. The Morgan fingerprint density at radius 3 is 2.26 bits per heavy atom. The Hall–Kier alpha value is -2.02. The summed E-state index contributed by atoms with van der Waals surface area (Å²) in [5, 5.41) is 4.04. The second-order valence-corrected chi connectivity index (χ2v) is 4.11. The summed E-state index contributed by atoms with van der Waals surface area (Å²) in [6.45, 7) is 0.586. The minimum Gasteiger partial charge on any atom is -0.384 e. The van der Waals surface area contributed by atoms with Crippen molar-refractivity contribution in [3.8, 4) is 0 Å². The van der Waals surface area contributed by atoms with Gasteiger partial charge in [-0.25, -0.2) is 4.68 Å². The minimum atomic E-state index is -4.32. The molecule has 0 atom stereocenters. The van der Waals surface area contributed by atoms with Crippen molar-refractivity contribution in [2.75, 3.05) is 5.73 Å². The first-order valence-electron chi connectivity index (χ1n) is 5.58. The van der Waals surface area contributed by atoms with Crippen LogP contribution in [0.4, 0.5) is 19.0 Å². The summed E-state index contributed by atoms with van der Waals surface area (Å²) in [6, 6.07) is 4.90. The van der Waals surface area contributed by atoms with Crippen molar-refractivity contribution in [2.24, 2.45) is 5.73 Å². The summed E-state index contributed by atoms with van der Waals surface area (Å²) in [6.07, 6.45) is -2.77. The highest BCUT2D eigenvalue weighted by molar-refractivity contribution is 5.39. The monoisotopic (exact) mass is 270 g/mol. The van der Waals surface area contributed by atoms with Crippen molar-refractivity contribution < 1.29 is 13.2 Å². The van der Waals surface area contributed by atoms with Crippen LogP contribution in [-0.2, 0) is 19.3 Å². The van der Waals surface area contributed by atoms with E-state index in [1.807, 2.05) is 0 Å². The van der Waals surface area contributed by atoms with E-state index in [-0.39, 0.29) is 6.54 Å². The molecule has 102 valence electrons. The molecule has 0 amide bonds. The molecule has 2 rings (SSSR count). The van der Waals surface area contributed by atoms with E-state index in [1.54, 1.807) is 6.20 Å². The molecule has 7 heteroatoms. The SMILES string of the molecule is NCc1cnn(Cc2ccc(C(F)(F)F)cc2)c1N. The molecule has 0 fully saturated rings. The first kappa shape index (κ1) is 13.4. The van der Waals surface area contributed by atoms with Crippen molar-refractivity contribution in [3.63, 3.8) is 0 Å². The lowest BCUT2D eigenvalue weighted by Gasteiger charge is -2.08. The number of anilines is 1. The number of aromatic nitrogens is 2. The second kappa shape index (κ2) is 4.93. The largest absolute Gasteiger partial charge is 0.416 e. The van der Waals surface area contributed by atoms with Crippen molar-refractivity contribution in [1.29, 1.82) is 0 Å². The maximum Gasteiger partial charge on any atom is 0.416 e. The van der Waals surface area contributed by atoms with Gasteiger partial charge in [0.1, 0.15) is 5.82 Å². The van der Waals surface area contributed by atoms with E-state index in [1.165, 1.54) is 16.8 Å². The van der Waals surface area contributed by atoms with Gasteiger partial charge in [-0.05, 0) is 17.7 Å². The molecular formula is C12H13F3N4. The normalized spacial score (nSPS) is 11.8. The van der Waals surface area contributed by atoms with Crippen LogP contribution in [0.15, 0.2) is 30.5 Å². The van der Waals surface area contributed by atoms with Gasteiger partial charge in [-0.1, -0.05) is 12.1 Å². The molecule has 1 aromatic carbocycles. The van der Waals surface area contributed by atoms with Gasteiger partial charge < -0.3 is 11.5 Å². The average molecular weight is 270 g/mol. The van der Waals surface area contributed by atoms with Crippen molar-refractivity contribution >= 4 is 5.82 Å². The van der Waals surface area contributed by atoms with E-state index in [0.717, 1.165) is 12.1 Å². The zero-order valence-corrected chi connectivity index (χ0v) is 9.98. The van der Waals surface area contributed by atoms with Crippen LogP contribution in [0.5, 0.6) is 0 Å². The summed E-state index contributed by atoms with van der Waals surface area (Å²) in [7, 11) is 0. The van der Waals surface area contributed by atoms with Gasteiger partial charge in [0.2, 0.25) is 0 Å². The Kier molecular flexibility index (Phi) is 3.48. The molecule has 4 nitrogen and oxygen atoms in total. The van der Waals surface area contributed by atoms with Crippen LogP contribution in [0.2, 0.25) is 0 Å². The lowest BCUT2D eigenvalue weighted by atomic mass is 10.1. The van der Waals surface area contributed by atoms with E-state index in [4.69, 9.17) is 11.5 Å². The maximum atomic E-state index is 12.4. The average Bonchev–Trinajstić information content (AvgIpc) is 2.70. The Bertz CT molecular complexity index is 557. The number of hydrogen-bond donors (Lipinski definition) is 2. The Morgan fingerprint density at radius 2 is 1.79 bits per heavy atom. The predicted octanol–water partition coefficient (Wildman–Crippen LogP) is 1.99. The lowest BCUT2D eigenvalue weighted by molar-refractivity contribution is -0.137. The molecule has 0 aliphatic rings. The van der Waals surface area contributed by atoms with Crippen molar-refractivity contribution in [1.82, 2.24) is 9.78 Å². The van der Waals surface area contributed by atoms with Gasteiger partial charge in [0, 0.05) is 12.1 Å². The van der Waals surface area contributed by atoms with Gasteiger partial charge in [0.15, 0.2) is 0 Å². The third kappa shape index (κ3) is 2.87. The fraction of sp³-hybridized carbons (Fsp3) is 0.250. The maximum absolute atomic E-state index is 12.4. The van der Waals surface area contributed by atoms with E-state index in [2.05, 4.69) is 5.10 Å². The number of nitrogen functional groups attached to an aromatic ring is 1. The molecule has 0 radical (unpaired) electrons. The third-order valence-electron chi connectivity index (χ3n) is 2.79. The highest BCUT2D eigenvalue weighted by atomic mass is 19.4. The van der Waals surface area contributed by atoms with E-state index >= 15 is 0 Å². The molecule has 0 saturated heterocycles. The number of halogens is 3. The molecular weight excluding hydrogens is 257 g/mol. The fourth-order valence-electron chi connectivity index (χ4n) is 1.69. The first-order chi connectivity index (χ1) is 8.91. The van der Waals surface area contributed by atoms with Crippen LogP contribution in [0.3, 0.4) is 0 Å². The van der Waals surface area contributed by atoms with Crippen LogP contribution in [0.1, 0.15) is 16.7 Å². The molecule has 2 aromatic rings. The Labute approximate surface area is 107 Å². The molecule has 0 spiro atoms. The number of hydrogen-bond acceptors (Lipinski definition) is 3. The molecule has 0 aliphatic carbocycles. The summed E-state index contributed by atoms with van der Waals surface area (Å²) < 4.78 is 38.7. The molecule has 4 N–H and O–H groups in total.